The van der Waals surface area contributed by atoms with Crippen LogP contribution >= 0.6 is 0 Å². The average molecular weight is 427 g/mol. The first-order chi connectivity index (χ1) is 15.1. The molecule has 7 nitrogen and oxygen atoms in total. The zero-order chi connectivity index (χ0) is 21.6. The molecule has 0 aromatic heterocycles. The first-order valence-electron chi connectivity index (χ1n) is 10.5. The van der Waals surface area contributed by atoms with E-state index in [1.807, 2.05) is 18.2 Å². The van der Waals surface area contributed by atoms with Gasteiger partial charge in [-0.3, -0.25) is 4.79 Å². The highest BCUT2D eigenvalue weighted by Crippen LogP contribution is 2.32. The van der Waals surface area contributed by atoms with Gasteiger partial charge in [-0.05, 0) is 61.1 Å². The average Bonchev–Trinajstić information content (AvgIpc) is 3.24. The Hall–Kier alpha value is -3.29. The van der Waals surface area contributed by atoms with Crippen LogP contribution in [0.2, 0.25) is 0 Å². The highest BCUT2D eigenvalue weighted by atomic mass is 19.1. The van der Waals surface area contributed by atoms with Crippen molar-refractivity contribution < 1.29 is 23.5 Å². The molecule has 8 heteroatoms. The molecule has 0 radical (unpaired) electrons. The van der Waals surface area contributed by atoms with Gasteiger partial charge in [-0.25, -0.2) is 9.18 Å². The Kier molecular flexibility index (Phi) is 6.54. The topological polar surface area (TPSA) is 79.9 Å². The molecule has 2 aliphatic heterocycles. The van der Waals surface area contributed by atoms with Crippen LogP contribution in [0, 0.1) is 11.7 Å². The molecule has 31 heavy (non-hydrogen) atoms. The Morgan fingerprint density at radius 3 is 2.87 bits per heavy atom. The van der Waals surface area contributed by atoms with Crippen LogP contribution in [-0.4, -0.2) is 36.7 Å². The highest BCUT2D eigenvalue weighted by Gasteiger charge is 2.24. The molecule has 164 valence electrons. The normalized spacial score (nSPS) is 17.3. The van der Waals surface area contributed by atoms with E-state index in [9.17, 15) is 14.0 Å². The number of piperidine rings is 1. The summed E-state index contributed by atoms with van der Waals surface area (Å²) in [5, 5.41) is 5.68. The van der Waals surface area contributed by atoms with E-state index in [0.717, 1.165) is 30.6 Å². The third-order valence-electron chi connectivity index (χ3n) is 5.59. The Morgan fingerprint density at radius 1 is 1.13 bits per heavy atom. The van der Waals surface area contributed by atoms with E-state index < -0.39 is 0 Å². The van der Waals surface area contributed by atoms with Gasteiger partial charge in [0.1, 0.15) is 5.82 Å². The lowest BCUT2D eigenvalue weighted by molar-refractivity contribution is -0.121. The number of amides is 3. The fourth-order valence-corrected chi connectivity index (χ4v) is 3.93. The Bertz CT molecular complexity index is 952. The number of rotatable bonds is 6. The summed E-state index contributed by atoms with van der Waals surface area (Å²) in [7, 11) is 0. The van der Waals surface area contributed by atoms with Crippen LogP contribution < -0.4 is 20.1 Å². The molecule has 1 atom stereocenters. The standard InChI is InChI=1S/C23H26FN3O4/c24-18-4-1-5-19(12-18)26-23(29)27-10-2-3-16(14-27)7-9-22(28)25-13-17-6-8-20-21(11-17)31-15-30-20/h1,4-6,8,11-12,16H,2-3,7,9-10,13-15H2,(H,25,28)(H,26,29). The van der Waals surface area contributed by atoms with E-state index in [1.54, 1.807) is 17.0 Å². The summed E-state index contributed by atoms with van der Waals surface area (Å²) in [6.07, 6.45) is 3.00. The highest BCUT2D eigenvalue weighted by molar-refractivity contribution is 5.89. The van der Waals surface area contributed by atoms with Crippen LogP contribution in [0.3, 0.4) is 0 Å². The van der Waals surface area contributed by atoms with E-state index in [-0.39, 0.29) is 30.5 Å². The van der Waals surface area contributed by atoms with Crippen molar-refractivity contribution in [2.24, 2.45) is 5.92 Å². The van der Waals surface area contributed by atoms with Crippen molar-refractivity contribution in [1.82, 2.24) is 10.2 Å². The Morgan fingerprint density at radius 2 is 2.00 bits per heavy atom. The minimum Gasteiger partial charge on any atom is -0.454 e. The second-order valence-electron chi connectivity index (χ2n) is 7.90. The first kappa shape index (κ1) is 21.0. The predicted octanol–water partition coefficient (Wildman–Crippen LogP) is 3.89. The summed E-state index contributed by atoms with van der Waals surface area (Å²) in [4.78, 5) is 26.5. The molecule has 1 saturated heterocycles. The van der Waals surface area contributed by atoms with Gasteiger partial charge in [-0.2, -0.15) is 0 Å². The summed E-state index contributed by atoms with van der Waals surface area (Å²) in [6, 6.07) is 11.2. The number of likely N-dealkylation sites (tertiary alicyclic amines) is 1. The van der Waals surface area contributed by atoms with E-state index in [2.05, 4.69) is 10.6 Å². The van der Waals surface area contributed by atoms with Gasteiger partial charge >= 0.3 is 6.03 Å². The molecular weight excluding hydrogens is 401 g/mol. The molecule has 2 N–H and O–H groups in total. The maximum Gasteiger partial charge on any atom is 0.321 e. The molecule has 0 saturated carbocycles. The summed E-state index contributed by atoms with van der Waals surface area (Å²) in [6.45, 7) is 1.91. The zero-order valence-corrected chi connectivity index (χ0v) is 17.2. The number of anilines is 1. The Labute approximate surface area is 180 Å². The second-order valence-corrected chi connectivity index (χ2v) is 7.90. The molecule has 1 unspecified atom stereocenters. The lowest BCUT2D eigenvalue weighted by Crippen LogP contribution is -2.42. The predicted molar refractivity (Wildman–Crippen MR) is 113 cm³/mol. The number of hydrogen-bond acceptors (Lipinski definition) is 4. The largest absolute Gasteiger partial charge is 0.454 e. The van der Waals surface area contributed by atoms with Crippen LogP contribution in [0.4, 0.5) is 14.9 Å². The van der Waals surface area contributed by atoms with E-state index in [1.165, 1.54) is 12.1 Å². The Balaban J connectivity index is 1.20. The number of nitrogens with zero attached hydrogens (tertiary/aromatic N) is 1. The van der Waals surface area contributed by atoms with Crippen LogP contribution in [-0.2, 0) is 11.3 Å². The van der Waals surface area contributed by atoms with Crippen molar-refractivity contribution in [3.05, 3.63) is 53.8 Å². The van der Waals surface area contributed by atoms with E-state index in [0.29, 0.717) is 37.5 Å². The van der Waals surface area contributed by atoms with Crippen LogP contribution in [0.25, 0.3) is 0 Å². The number of halogens is 1. The molecule has 3 amide bonds. The van der Waals surface area contributed by atoms with Gasteiger partial charge in [0, 0.05) is 31.7 Å². The van der Waals surface area contributed by atoms with Crippen molar-refractivity contribution in [3.63, 3.8) is 0 Å². The third-order valence-corrected chi connectivity index (χ3v) is 5.59. The monoisotopic (exact) mass is 427 g/mol. The molecule has 0 bridgehead atoms. The lowest BCUT2D eigenvalue weighted by atomic mass is 9.93. The minimum absolute atomic E-state index is 0.0148. The fraction of sp³-hybridized carbons (Fsp3) is 0.391. The van der Waals surface area contributed by atoms with Gasteiger partial charge in [-0.1, -0.05) is 12.1 Å². The lowest BCUT2D eigenvalue weighted by Gasteiger charge is -2.32. The molecule has 4 rings (SSSR count). The first-order valence-corrected chi connectivity index (χ1v) is 10.5. The van der Waals surface area contributed by atoms with Crippen LogP contribution in [0.1, 0.15) is 31.2 Å². The van der Waals surface area contributed by atoms with Crippen LogP contribution in [0.5, 0.6) is 11.5 Å². The third kappa shape index (κ3) is 5.65. The van der Waals surface area contributed by atoms with E-state index >= 15 is 0 Å². The summed E-state index contributed by atoms with van der Waals surface area (Å²) >= 11 is 0. The van der Waals surface area contributed by atoms with Crippen LogP contribution in [0.15, 0.2) is 42.5 Å². The number of fused-ring (bicyclic) bond motifs is 1. The second kappa shape index (κ2) is 9.68. The molecule has 0 spiro atoms. The minimum atomic E-state index is -0.388. The fourth-order valence-electron chi connectivity index (χ4n) is 3.93. The van der Waals surface area contributed by atoms with E-state index in [4.69, 9.17) is 9.47 Å². The van der Waals surface area contributed by atoms with Crippen molar-refractivity contribution in [3.8, 4) is 11.5 Å². The number of urea groups is 1. The van der Waals surface area contributed by atoms with Gasteiger partial charge in [0.2, 0.25) is 12.7 Å². The van der Waals surface area contributed by atoms with Crippen molar-refractivity contribution in [1.29, 1.82) is 0 Å². The maximum atomic E-state index is 13.3. The number of benzene rings is 2. The molecule has 2 aromatic carbocycles. The molecule has 2 heterocycles. The molecule has 0 aliphatic carbocycles. The SMILES string of the molecule is O=C(CCC1CCCN(C(=O)Nc2cccc(F)c2)C1)NCc1ccc2c(c1)OCO2. The number of carbonyl (C=O) groups is 2. The quantitative estimate of drug-likeness (QED) is 0.733. The van der Waals surface area contributed by atoms with Crippen molar-refractivity contribution in [2.75, 3.05) is 25.2 Å². The van der Waals surface area contributed by atoms with Gasteiger partial charge in [0.05, 0.1) is 0 Å². The molecule has 2 aromatic rings. The maximum absolute atomic E-state index is 13.3. The number of hydrogen-bond donors (Lipinski definition) is 2. The van der Waals surface area contributed by atoms with Crippen molar-refractivity contribution in [2.45, 2.75) is 32.2 Å². The summed E-state index contributed by atoms with van der Waals surface area (Å²) < 4.78 is 24.0. The summed E-state index contributed by atoms with van der Waals surface area (Å²) in [5.74, 6) is 1.28. The van der Waals surface area contributed by atoms with Gasteiger partial charge < -0.3 is 25.0 Å². The number of carbonyl (C=O) groups excluding carboxylic acids is 2. The molecule has 1 fully saturated rings. The van der Waals surface area contributed by atoms with Crippen molar-refractivity contribution >= 4 is 17.6 Å². The molecular formula is C23H26FN3O4. The molecule has 2 aliphatic rings. The van der Waals surface area contributed by atoms with Gasteiger partial charge in [0.15, 0.2) is 11.5 Å². The smallest absolute Gasteiger partial charge is 0.321 e. The summed E-state index contributed by atoms with van der Waals surface area (Å²) in [5.41, 5.74) is 1.39. The number of nitrogens with one attached hydrogen (secondary N) is 2. The van der Waals surface area contributed by atoms with Gasteiger partial charge in [-0.15, -0.1) is 0 Å². The zero-order valence-electron chi connectivity index (χ0n) is 17.2. The number of ether oxygens (including phenoxy) is 2. The van der Waals surface area contributed by atoms with Gasteiger partial charge in [0.25, 0.3) is 0 Å².